The quantitative estimate of drug-likeness (QED) is 0.870. The number of halogens is 4. The lowest BCUT2D eigenvalue weighted by molar-refractivity contribution is -0.138. The first-order valence-electron chi connectivity index (χ1n) is 8.48. The minimum atomic E-state index is -4.38. The molecule has 1 unspecified atom stereocenters. The van der Waals surface area contributed by atoms with E-state index in [9.17, 15) is 18.0 Å². The van der Waals surface area contributed by atoms with Crippen molar-refractivity contribution in [2.75, 3.05) is 26.7 Å². The lowest BCUT2D eigenvalue weighted by Gasteiger charge is -2.35. The van der Waals surface area contributed by atoms with Crippen molar-refractivity contribution >= 4 is 18.3 Å². The number of nitrogens with zero attached hydrogens (tertiary/aromatic N) is 1. The minimum absolute atomic E-state index is 0. The number of carbonyl (C=O) groups excluding carboxylic acids is 1. The number of hydrogen-bond acceptors (Lipinski definition) is 2. The van der Waals surface area contributed by atoms with E-state index in [1.165, 1.54) is 6.07 Å². The van der Waals surface area contributed by atoms with Crippen molar-refractivity contribution < 1.29 is 18.0 Å². The highest BCUT2D eigenvalue weighted by molar-refractivity contribution is 5.91. The molecule has 1 N–H and O–H groups in total. The Bertz CT molecular complexity index is 615. The zero-order valence-electron chi connectivity index (χ0n) is 14.2. The molecule has 7 heteroatoms. The maximum Gasteiger partial charge on any atom is 0.416 e. The van der Waals surface area contributed by atoms with Crippen LogP contribution in [-0.4, -0.2) is 37.5 Å². The van der Waals surface area contributed by atoms with Gasteiger partial charge in [-0.1, -0.05) is 18.2 Å². The second-order valence-electron chi connectivity index (χ2n) is 6.98. The second kappa shape index (κ2) is 7.54. The van der Waals surface area contributed by atoms with Gasteiger partial charge in [0, 0.05) is 13.1 Å². The van der Waals surface area contributed by atoms with Crippen LogP contribution < -0.4 is 5.32 Å². The predicted molar refractivity (Wildman–Crippen MR) is 92.8 cm³/mol. The monoisotopic (exact) mass is 376 g/mol. The summed E-state index contributed by atoms with van der Waals surface area (Å²) in [5.41, 5.74) is -0.896. The summed E-state index contributed by atoms with van der Waals surface area (Å²) in [7, 11) is 1.89. The van der Waals surface area contributed by atoms with Gasteiger partial charge in [0.25, 0.3) is 0 Å². The summed E-state index contributed by atoms with van der Waals surface area (Å²) in [5, 5.41) is 3.14. The molecule has 3 rings (SSSR count). The molecule has 1 aromatic carbocycles. The van der Waals surface area contributed by atoms with Crippen LogP contribution in [0, 0.1) is 5.92 Å². The van der Waals surface area contributed by atoms with Crippen molar-refractivity contribution in [2.24, 2.45) is 5.92 Å². The molecule has 3 nitrogen and oxygen atoms in total. The Morgan fingerprint density at radius 2 is 2.08 bits per heavy atom. The van der Waals surface area contributed by atoms with Crippen LogP contribution in [0.15, 0.2) is 24.3 Å². The van der Waals surface area contributed by atoms with E-state index in [1.807, 2.05) is 11.9 Å². The molecule has 140 valence electrons. The first-order chi connectivity index (χ1) is 11.4. The molecule has 0 aromatic heterocycles. The van der Waals surface area contributed by atoms with E-state index in [-0.39, 0.29) is 18.3 Å². The third kappa shape index (κ3) is 4.11. The van der Waals surface area contributed by atoms with Gasteiger partial charge in [-0.2, -0.15) is 13.2 Å². The highest BCUT2D eigenvalue weighted by Gasteiger charge is 2.53. The van der Waals surface area contributed by atoms with Gasteiger partial charge in [-0.05, 0) is 56.8 Å². The van der Waals surface area contributed by atoms with Crippen LogP contribution >= 0.6 is 12.4 Å². The summed E-state index contributed by atoms with van der Waals surface area (Å²) in [4.78, 5) is 14.9. The highest BCUT2D eigenvalue weighted by Crippen LogP contribution is 2.50. The molecular weight excluding hydrogens is 353 g/mol. The molecule has 0 radical (unpaired) electrons. The molecule has 1 aliphatic heterocycles. The highest BCUT2D eigenvalue weighted by atomic mass is 35.5. The van der Waals surface area contributed by atoms with E-state index in [0.29, 0.717) is 37.4 Å². The molecule has 1 aromatic rings. The molecule has 1 atom stereocenters. The number of carbonyl (C=O) groups is 1. The summed E-state index contributed by atoms with van der Waals surface area (Å²) < 4.78 is 38.9. The maximum absolute atomic E-state index is 13.0. The SMILES string of the molecule is CNCC1CCCN(C(=O)C2(c3cccc(C(F)(F)F)c3)CC2)C1.Cl. The maximum atomic E-state index is 13.0. The van der Waals surface area contributed by atoms with Crippen molar-refractivity contribution in [3.8, 4) is 0 Å². The normalized spacial score (nSPS) is 22.2. The molecular formula is C18H24ClF3N2O. The fourth-order valence-electron chi connectivity index (χ4n) is 3.75. The van der Waals surface area contributed by atoms with Gasteiger partial charge in [0.15, 0.2) is 0 Å². The van der Waals surface area contributed by atoms with Gasteiger partial charge >= 0.3 is 6.18 Å². The molecule has 1 saturated carbocycles. The van der Waals surface area contributed by atoms with Gasteiger partial charge in [-0.3, -0.25) is 4.79 Å². The summed E-state index contributed by atoms with van der Waals surface area (Å²) in [6.45, 7) is 2.26. The zero-order valence-corrected chi connectivity index (χ0v) is 15.1. The molecule has 2 fully saturated rings. The van der Waals surface area contributed by atoms with Crippen molar-refractivity contribution in [3.63, 3.8) is 0 Å². The third-order valence-corrected chi connectivity index (χ3v) is 5.20. The molecule has 0 bridgehead atoms. The topological polar surface area (TPSA) is 32.3 Å². The van der Waals surface area contributed by atoms with Crippen molar-refractivity contribution in [1.29, 1.82) is 0 Å². The van der Waals surface area contributed by atoms with E-state index in [4.69, 9.17) is 0 Å². The first kappa shape index (κ1) is 20.0. The number of benzene rings is 1. The van der Waals surface area contributed by atoms with Crippen LogP contribution in [0.4, 0.5) is 13.2 Å². The van der Waals surface area contributed by atoms with Gasteiger partial charge in [0.2, 0.25) is 5.91 Å². The molecule has 25 heavy (non-hydrogen) atoms. The van der Waals surface area contributed by atoms with Crippen molar-refractivity contribution in [1.82, 2.24) is 10.2 Å². The van der Waals surface area contributed by atoms with E-state index < -0.39 is 17.2 Å². The number of amides is 1. The number of piperidine rings is 1. The Labute approximate surface area is 152 Å². The summed E-state index contributed by atoms with van der Waals surface area (Å²) in [6, 6.07) is 5.29. The number of rotatable bonds is 4. The molecule has 1 saturated heterocycles. The standard InChI is InChI=1S/C18H23F3N2O.ClH/c1-22-11-13-4-3-9-23(12-13)16(24)17(7-8-17)14-5-2-6-15(10-14)18(19,20)21;/h2,5-6,10,13,22H,3-4,7-9,11-12H2,1H3;1H. The molecule has 1 amide bonds. The predicted octanol–water partition coefficient (Wildman–Crippen LogP) is 3.62. The van der Waals surface area contributed by atoms with E-state index in [2.05, 4.69) is 5.32 Å². The van der Waals surface area contributed by atoms with E-state index in [1.54, 1.807) is 6.07 Å². The van der Waals surface area contributed by atoms with E-state index >= 15 is 0 Å². The van der Waals surface area contributed by atoms with Crippen LogP contribution in [-0.2, 0) is 16.4 Å². The fraction of sp³-hybridized carbons (Fsp3) is 0.611. The number of nitrogens with one attached hydrogen (secondary N) is 1. The van der Waals surface area contributed by atoms with E-state index in [0.717, 1.165) is 31.5 Å². The van der Waals surface area contributed by atoms with Crippen molar-refractivity contribution in [3.05, 3.63) is 35.4 Å². The Morgan fingerprint density at radius 3 is 2.68 bits per heavy atom. The van der Waals surface area contributed by atoms with Crippen LogP contribution in [0.25, 0.3) is 0 Å². The van der Waals surface area contributed by atoms with Gasteiger partial charge in [0.1, 0.15) is 0 Å². The fourth-order valence-corrected chi connectivity index (χ4v) is 3.75. The van der Waals surface area contributed by atoms with Gasteiger partial charge in [-0.25, -0.2) is 0 Å². The average Bonchev–Trinajstić information content (AvgIpc) is 3.36. The second-order valence-corrected chi connectivity index (χ2v) is 6.98. The summed E-state index contributed by atoms with van der Waals surface area (Å²) in [6.07, 6.45) is -1.06. The Morgan fingerprint density at radius 1 is 1.36 bits per heavy atom. The number of likely N-dealkylation sites (tertiary alicyclic amines) is 1. The Kier molecular flexibility index (Phi) is 6.05. The lowest BCUT2D eigenvalue weighted by atomic mass is 9.90. The lowest BCUT2D eigenvalue weighted by Crippen LogP contribution is -2.46. The largest absolute Gasteiger partial charge is 0.416 e. The summed E-state index contributed by atoms with van der Waals surface area (Å²) >= 11 is 0. The van der Waals surface area contributed by atoms with Crippen LogP contribution in [0.5, 0.6) is 0 Å². The van der Waals surface area contributed by atoms with Crippen LogP contribution in [0.2, 0.25) is 0 Å². The Hall–Kier alpha value is -1.27. The Balaban J connectivity index is 0.00000225. The molecule has 1 heterocycles. The molecule has 1 aliphatic carbocycles. The third-order valence-electron chi connectivity index (χ3n) is 5.20. The number of hydrogen-bond donors (Lipinski definition) is 1. The van der Waals surface area contributed by atoms with Gasteiger partial charge in [-0.15, -0.1) is 12.4 Å². The van der Waals surface area contributed by atoms with Crippen LogP contribution in [0.3, 0.4) is 0 Å². The van der Waals surface area contributed by atoms with Gasteiger partial charge < -0.3 is 10.2 Å². The van der Waals surface area contributed by atoms with Crippen LogP contribution in [0.1, 0.15) is 36.8 Å². The zero-order chi connectivity index (χ0) is 17.4. The average molecular weight is 377 g/mol. The summed E-state index contributed by atoms with van der Waals surface area (Å²) in [5.74, 6) is 0.424. The minimum Gasteiger partial charge on any atom is -0.342 e. The molecule has 2 aliphatic rings. The first-order valence-corrected chi connectivity index (χ1v) is 8.48. The van der Waals surface area contributed by atoms with Crippen molar-refractivity contribution in [2.45, 2.75) is 37.3 Å². The van der Waals surface area contributed by atoms with Gasteiger partial charge in [0.05, 0.1) is 11.0 Å². The smallest absolute Gasteiger partial charge is 0.342 e. The molecule has 0 spiro atoms. The number of alkyl halides is 3.